The van der Waals surface area contributed by atoms with Crippen molar-refractivity contribution in [2.75, 3.05) is 57.5 Å². The lowest BCUT2D eigenvalue weighted by Crippen LogP contribution is -2.47. The molecule has 3 aromatic heterocycles. The number of carbonyl (C=O) groups excluding carboxylic acids is 1. The van der Waals surface area contributed by atoms with Crippen LogP contribution in [0.5, 0.6) is 0 Å². The molecule has 1 amide bonds. The lowest BCUT2D eigenvalue weighted by Gasteiger charge is -2.35. The Morgan fingerprint density at radius 2 is 2.03 bits per heavy atom. The fraction of sp³-hybridized carbons (Fsp3) is 0.500. The zero-order valence-electron chi connectivity index (χ0n) is 20.4. The number of pyridine rings is 1. The standard InChI is InChI=1S/C24H28Cl2N8OS/c1-32(2)22(35)14-10-13-4-5-24(14,11-13)31-16-15(25)12-27-20-17(16)28-21(30-20)18-19(26)29-23(36-18)34-8-6-33(3)7-9-34/h4-5,12-14H,6-11H2,1-3H3,(H2,27,28,30,31). The summed E-state index contributed by atoms with van der Waals surface area (Å²) in [5.41, 5.74) is 1.40. The number of fused-ring (bicyclic) bond motifs is 3. The van der Waals surface area contributed by atoms with Gasteiger partial charge in [-0.05, 0) is 25.8 Å². The number of allylic oxidation sites excluding steroid dienone is 1. The van der Waals surface area contributed by atoms with Gasteiger partial charge in [-0.2, -0.15) is 0 Å². The molecule has 4 heterocycles. The first kappa shape index (κ1) is 24.0. The summed E-state index contributed by atoms with van der Waals surface area (Å²) in [7, 11) is 5.73. The molecule has 6 rings (SSSR count). The zero-order valence-corrected chi connectivity index (χ0v) is 22.7. The van der Waals surface area contributed by atoms with E-state index < -0.39 is 5.54 Å². The van der Waals surface area contributed by atoms with Crippen LogP contribution in [-0.4, -0.2) is 88.5 Å². The molecular formula is C24H28Cl2N8OS. The average Bonchev–Trinajstić information content (AvgIpc) is 3.62. The van der Waals surface area contributed by atoms with Gasteiger partial charge in [-0.1, -0.05) is 46.7 Å². The molecule has 2 bridgehead atoms. The van der Waals surface area contributed by atoms with Crippen LogP contribution in [0.3, 0.4) is 0 Å². The van der Waals surface area contributed by atoms with E-state index in [4.69, 9.17) is 28.2 Å². The Labute approximate surface area is 223 Å². The quantitative estimate of drug-likeness (QED) is 0.467. The molecular weight excluding hydrogens is 519 g/mol. The molecule has 2 fully saturated rings. The summed E-state index contributed by atoms with van der Waals surface area (Å²) in [6, 6.07) is 0. The number of anilines is 2. The van der Waals surface area contributed by atoms with Crippen molar-refractivity contribution in [1.82, 2.24) is 29.7 Å². The van der Waals surface area contributed by atoms with Gasteiger partial charge < -0.3 is 25.0 Å². The number of piperazine rings is 1. The highest BCUT2D eigenvalue weighted by molar-refractivity contribution is 7.19. The van der Waals surface area contributed by atoms with Gasteiger partial charge in [0, 0.05) is 40.3 Å². The molecule has 9 nitrogen and oxygen atoms in total. The van der Waals surface area contributed by atoms with Gasteiger partial charge in [-0.3, -0.25) is 4.79 Å². The maximum atomic E-state index is 13.0. The van der Waals surface area contributed by atoms with E-state index in [1.165, 1.54) is 11.3 Å². The number of H-pyrrole nitrogens is 1. The second-order valence-electron chi connectivity index (χ2n) is 10.2. The fourth-order valence-electron chi connectivity index (χ4n) is 5.58. The third-order valence-corrected chi connectivity index (χ3v) is 9.35. The number of aromatic amines is 1. The summed E-state index contributed by atoms with van der Waals surface area (Å²) in [4.78, 5) is 37.3. The van der Waals surface area contributed by atoms with Crippen LogP contribution in [0.1, 0.15) is 12.8 Å². The molecule has 0 radical (unpaired) electrons. The van der Waals surface area contributed by atoms with Gasteiger partial charge in [0.25, 0.3) is 0 Å². The van der Waals surface area contributed by atoms with Crippen molar-refractivity contribution < 1.29 is 4.79 Å². The first-order chi connectivity index (χ1) is 17.2. The van der Waals surface area contributed by atoms with Crippen LogP contribution in [0, 0.1) is 11.8 Å². The molecule has 3 atom stereocenters. The lowest BCUT2D eigenvalue weighted by atomic mass is 9.85. The highest BCUT2D eigenvalue weighted by Gasteiger charge is 2.52. The third-order valence-electron chi connectivity index (χ3n) is 7.55. The first-order valence-corrected chi connectivity index (χ1v) is 13.6. The molecule has 0 spiro atoms. The maximum absolute atomic E-state index is 13.0. The summed E-state index contributed by atoms with van der Waals surface area (Å²) in [6.45, 7) is 3.80. The van der Waals surface area contributed by atoms with E-state index in [0.29, 0.717) is 38.8 Å². The highest BCUT2D eigenvalue weighted by atomic mass is 35.5. The predicted octanol–water partition coefficient (Wildman–Crippen LogP) is 3.97. The molecule has 190 valence electrons. The number of thiazole rings is 1. The van der Waals surface area contributed by atoms with Gasteiger partial charge in [0.2, 0.25) is 5.91 Å². The van der Waals surface area contributed by atoms with E-state index in [9.17, 15) is 4.79 Å². The number of rotatable bonds is 5. The van der Waals surface area contributed by atoms with E-state index in [0.717, 1.165) is 49.0 Å². The molecule has 36 heavy (non-hydrogen) atoms. The van der Waals surface area contributed by atoms with Gasteiger partial charge in [-0.15, -0.1) is 0 Å². The first-order valence-electron chi connectivity index (χ1n) is 12.1. The number of carbonyl (C=O) groups is 1. The number of hydrogen-bond acceptors (Lipinski definition) is 8. The number of aromatic nitrogens is 4. The number of likely N-dealkylation sites (N-methyl/N-ethyl adjacent to an activating group) is 1. The van der Waals surface area contributed by atoms with Crippen molar-refractivity contribution in [3.05, 3.63) is 28.5 Å². The highest BCUT2D eigenvalue weighted by Crippen LogP contribution is 2.50. The fourth-order valence-corrected chi connectivity index (χ4v) is 7.06. The summed E-state index contributed by atoms with van der Waals surface area (Å²) < 4.78 is 0. The molecule has 2 aliphatic carbocycles. The van der Waals surface area contributed by atoms with Gasteiger partial charge >= 0.3 is 0 Å². The van der Waals surface area contributed by atoms with Crippen molar-refractivity contribution in [2.45, 2.75) is 18.4 Å². The topological polar surface area (TPSA) is 93.3 Å². The minimum Gasteiger partial charge on any atom is -0.372 e. The molecule has 3 aromatic rings. The van der Waals surface area contributed by atoms with Crippen LogP contribution in [0.25, 0.3) is 21.9 Å². The average molecular weight is 548 g/mol. The Hall–Kier alpha value is -2.40. The Bertz CT molecular complexity index is 1360. The van der Waals surface area contributed by atoms with Crippen LogP contribution < -0.4 is 10.2 Å². The van der Waals surface area contributed by atoms with Crippen LogP contribution in [0.15, 0.2) is 18.3 Å². The maximum Gasteiger partial charge on any atom is 0.227 e. The number of nitrogens with one attached hydrogen (secondary N) is 2. The molecule has 1 aliphatic heterocycles. The number of hydrogen-bond donors (Lipinski definition) is 2. The van der Waals surface area contributed by atoms with Crippen molar-refractivity contribution in [1.29, 1.82) is 0 Å². The Balaban J connectivity index is 1.35. The Morgan fingerprint density at radius 3 is 2.75 bits per heavy atom. The minimum atomic E-state index is -0.500. The summed E-state index contributed by atoms with van der Waals surface area (Å²) >= 11 is 14.8. The second kappa shape index (κ2) is 8.86. The van der Waals surface area contributed by atoms with Crippen molar-refractivity contribution >= 4 is 62.4 Å². The number of nitrogens with zero attached hydrogens (tertiary/aromatic N) is 6. The molecule has 1 saturated heterocycles. The van der Waals surface area contributed by atoms with Gasteiger partial charge in [0.05, 0.1) is 28.4 Å². The molecule has 0 aromatic carbocycles. The van der Waals surface area contributed by atoms with Crippen LogP contribution in [0.4, 0.5) is 10.8 Å². The monoisotopic (exact) mass is 546 g/mol. The SMILES string of the molecule is CN1CCN(c2nc(Cl)c(-c3nc4c(NC56C=CC(CC5C(=O)N(C)C)C6)c(Cl)cnc4[nH]3)s2)CC1. The van der Waals surface area contributed by atoms with Gasteiger partial charge in [0.15, 0.2) is 21.8 Å². The number of imidazole rings is 1. The van der Waals surface area contributed by atoms with Crippen LogP contribution >= 0.6 is 34.5 Å². The van der Waals surface area contributed by atoms with Gasteiger partial charge in [0.1, 0.15) is 10.4 Å². The predicted molar refractivity (Wildman–Crippen MR) is 145 cm³/mol. The van der Waals surface area contributed by atoms with E-state index in [-0.39, 0.29) is 11.8 Å². The van der Waals surface area contributed by atoms with Crippen molar-refractivity contribution in [3.63, 3.8) is 0 Å². The Morgan fingerprint density at radius 1 is 1.25 bits per heavy atom. The molecule has 3 aliphatic rings. The summed E-state index contributed by atoms with van der Waals surface area (Å²) in [6.07, 6.45) is 7.62. The van der Waals surface area contributed by atoms with E-state index in [1.54, 1.807) is 25.2 Å². The number of amides is 1. The summed E-state index contributed by atoms with van der Waals surface area (Å²) in [5, 5.41) is 5.41. The third kappa shape index (κ3) is 3.95. The Kier molecular flexibility index (Phi) is 5.90. The molecule has 12 heteroatoms. The van der Waals surface area contributed by atoms with Gasteiger partial charge in [-0.25, -0.2) is 15.0 Å². The largest absolute Gasteiger partial charge is 0.372 e. The smallest absolute Gasteiger partial charge is 0.227 e. The molecule has 1 saturated carbocycles. The van der Waals surface area contributed by atoms with E-state index >= 15 is 0 Å². The zero-order chi connectivity index (χ0) is 25.2. The number of halogens is 2. The molecule has 3 unspecified atom stereocenters. The summed E-state index contributed by atoms with van der Waals surface area (Å²) in [5.74, 6) is 0.935. The van der Waals surface area contributed by atoms with Crippen LogP contribution in [0.2, 0.25) is 10.2 Å². The van der Waals surface area contributed by atoms with E-state index in [2.05, 4.69) is 49.3 Å². The van der Waals surface area contributed by atoms with Crippen LogP contribution in [-0.2, 0) is 4.79 Å². The van der Waals surface area contributed by atoms with Crippen molar-refractivity contribution in [2.24, 2.45) is 11.8 Å². The lowest BCUT2D eigenvalue weighted by molar-refractivity contribution is -0.133. The second-order valence-corrected chi connectivity index (χ2v) is 11.9. The van der Waals surface area contributed by atoms with E-state index in [1.807, 2.05) is 0 Å². The van der Waals surface area contributed by atoms with Crippen molar-refractivity contribution in [3.8, 4) is 10.7 Å². The normalized spacial score (nSPS) is 25.8. The molecule has 2 N–H and O–H groups in total. The minimum absolute atomic E-state index is 0.117.